The standard InChI is InChI=1S/C14H19N3O2/c1-18-10-13-15-14(11-19-2)17(16-13)9-8-12-6-4-3-5-7-12/h3-7H,8-11H2,1-2H3. The molecule has 0 aliphatic carbocycles. The maximum Gasteiger partial charge on any atom is 0.176 e. The minimum Gasteiger partial charge on any atom is -0.377 e. The van der Waals surface area contributed by atoms with E-state index in [4.69, 9.17) is 9.47 Å². The average Bonchev–Trinajstić information content (AvgIpc) is 2.81. The van der Waals surface area contributed by atoms with Crippen molar-refractivity contribution in [3.05, 3.63) is 47.5 Å². The molecule has 0 fully saturated rings. The van der Waals surface area contributed by atoms with Crippen LogP contribution in [-0.2, 0) is 35.7 Å². The Hall–Kier alpha value is -1.72. The molecule has 0 amide bonds. The lowest BCUT2D eigenvalue weighted by Crippen LogP contribution is -2.09. The Balaban J connectivity index is 2.05. The Labute approximate surface area is 113 Å². The first-order valence-electron chi connectivity index (χ1n) is 6.28. The van der Waals surface area contributed by atoms with E-state index in [0.717, 1.165) is 18.8 Å². The topological polar surface area (TPSA) is 49.2 Å². The molecule has 0 N–H and O–H groups in total. The summed E-state index contributed by atoms with van der Waals surface area (Å²) in [5, 5.41) is 4.43. The highest BCUT2D eigenvalue weighted by molar-refractivity contribution is 5.14. The molecular formula is C14H19N3O2. The van der Waals surface area contributed by atoms with Gasteiger partial charge in [0, 0.05) is 20.8 Å². The van der Waals surface area contributed by atoms with Crippen LogP contribution in [0, 0.1) is 0 Å². The molecule has 1 heterocycles. The van der Waals surface area contributed by atoms with Crippen molar-refractivity contribution >= 4 is 0 Å². The van der Waals surface area contributed by atoms with Crippen molar-refractivity contribution in [3.63, 3.8) is 0 Å². The molecule has 0 unspecified atom stereocenters. The summed E-state index contributed by atoms with van der Waals surface area (Å²) in [4.78, 5) is 4.40. The summed E-state index contributed by atoms with van der Waals surface area (Å²) in [6, 6.07) is 10.3. The lowest BCUT2D eigenvalue weighted by atomic mass is 10.1. The molecule has 0 saturated heterocycles. The van der Waals surface area contributed by atoms with Gasteiger partial charge in [-0.2, -0.15) is 5.10 Å². The highest BCUT2D eigenvalue weighted by Gasteiger charge is 2.09. The largest absolute Gasteiger partial charge is 0.377 e. The molecule has 0 aliphatic rings. The second-order valence-corrected chi connectivity index (χ2v) is 4.27. The molecule has 2 rings (SSSR count). The molecule has 1 aromatic heterocycles. The van der Waals surface area contributed by atoms with Crippen LogP contribution in [0.3, 0.4) is 0 Å². The summed E-state index contributed by atoms with van der Waals surface area (Å²) in [6.07, 6.45) is 0.924. The first-order chi connectivity index (χ1) is 9.33. The molecule has 5 heteroatoms. The van der Waals surface area contributed by atoms with Crippen LogP contribution in [0.4, 0.5) is 0 Å². The number of ether oxygens (including phenoxy) is 2. The molecule has 0 radical (unpaired) electrons. The van der Waals surface area contributed by atoms with E-state index in [1.165, 1.54) is 5.56 Å². The van der Waals surface area contributed by atoms with Gasteiger partial charge in [-0.05, 0) is 12.0 Å². The van der Waals surface area contributed by atoms with Crippen LogP contribution in [0.2, 0.25) is 0 Å². The molecule has 0 bridgehead atoms. The fraction of sp³-hybridized carbons (Fsp3) is 0.429. The van der Waals surface area contributed by atoms with Crippen LogP contribution in [0.1, 0.15) is 17.2 Å². The van der Waals surface area contributed by atoms with E-state index in [1.807, 2.05) is 22.9 Å². The van der Waals surface area contributed by atoms with Gasteiger partial charge in [-0.15, -0.1) is 0 Å². The SMILES string of the molecule is COCc1nc(COC)n(CCc2ccccc2)n1. The molecular weight excluding hydrogens is 242 g/mol. The third-order valence-electron chi connectivity index (χ3n) is 2.79. The molecule has 0 aliphatic heterocycles. The molecule has 0 atom stereocenters. The van der Waals surface area contributed by atoms with Crippen LogP contribution in [0.15, 0.2) is 30.3 Å². The van der Waals surface area contributed by atoms with E-state index in [9.17, 15) is 0 Å². The lowest BCUT2D eigenvalue weighted by molar-refractivity contribution is 0.171. The van der Waals surface area contributed by atoms with Gasteiger partial charge in [-0.1, -0.05) is 30.3 Å². The van der Waals surface area contributed by atoms with E-state index in [-0.39, 0.29) is 0 Å². The second-order valence-electron chi connectivity index (χ2n) is 4.27. The van der Waals surface area contributed by atoms with Gasteiger partial charge in [-0.3, -0.25) is 0 Å². The smallest absolute Gasteiger partial charge is 0.176 e. The normalized spacial score (nSPS) is 10.8. The maximum atomic E-state index is 5.15. The van der Waals surface area contributed by atoms with Crippen molar-refractivity contribution in [1.82, 2.24) is 14.8 Å². The number of hydrogen-bond donors (Lipinski definition) is 0. The van der Waals surface area contributed by atoms with Crippen LogP contribution in [0.5, 0.6) is 0 Å². The Kier molecular flexibility index (Phi) is 5.06. The molecule has 0 spiro atoms. The number of methoxy groups -OCH3 is 2. The zero-order valence-electron chi connectivity index (χ0n) is 11.4. The van der Waals surface area contributed by atoms with Crippen molar-refractivity contribution < 1.29 is 9.47 Å². The number of rotatable bonds is 7. The summed E-state index contributed by atoms with van der Waals surface area (Å²) >= 11 is 0. The van der Waals surface area contributed by atoms with Crippen molar-refractivity contribution in [2.45, 2.75) is 26.2 Å². The highest BCUT2D eigenvalue weighted by atomic mass is 16.5. The summed E-state index contributed by atoms with van der Waals surface area (Å²) in [6.45, 7) is 1.68. The van der Waals surface area contributed by atoms with Gasteiger partial charge in [-0.25, -0.2) is 9.67 Å². The number of benzene rings is 1. The first kappa shape index (κ1) is 13.7. The molecule has 2 aromatic rings. The number of aromatic nitrogens is 3. The third-order valence-corrected chi connectivity index (χ3v) is 2.79. The van der Waals surface area contributed by atoms with E-state index < -0.39 is 0 Å². The van der Waals surface area contributed by atoms with Crippen LogP contribution >= 0.6 is 0 Å². The van der Waals surface area contributed by atoms with Crippen LogP contribution in [-0.4, -0.2) is 29.0 Å². The number of aryl methyl sites for hydroxylation is 2. The quantitative estimate of drug-likeness (QED) is 0.762. The van der Waals surface area contributed by atoms with Crippen molar-refractivity contribution in [3.8, 4) is 0 Å². The van der Waals surface area contributed by atoms with Gasteiger partial charge in [0.25, 0.3) is 0 Å². The van der Waals surface area contributed by atoms with E-state index in [1.54, 1.807) is 14.2 Å². The molecule has 1 aromatic carbocycles. The lowest BCUT2D eigenvalue weighted by Gasteiger charge is -2.05. The van der Waals surface area contributed by atoms with E-state index >= 15 is 0 Å². The summed E-state index contributed by atoms with van der Waals surface area (Å²) in [5.74, 6) is 1.54. The van der Waals surface area contributed by atoms with E-state index in [2.05, 4.69) is 22.2 Å². The number of nitrogens with zero attached hydrogens (tertiary/aromatic N) is 3. The second kappa shape index (κ2) is 7.01. The average molecular weight is 261 g/mol. The fourth-order valence-corrected chi connectivity index (χ4v) is 1.91. The minimum absolute atomic E-state index is 0.426. The predicted molar refractivity (Wildman–Crippen MR) is 71.6 cm³/mol. The van der Waals surface area contributed by atoms with Crippen molar-refractivity contribution in [2.24, 2.45) is 0 Å². The zero-order valence-corrected chi connectivity index (χ0v) is 11.4. The van der Waals surface area contributed by atoms with Gasteiger partial charge >= 0.3 is 0 Å². The first-order valence-corrected chi connectivity index (χ1v) is 6.28. The van der Waals surface area contributed by atoms with Crippen molar-refractivity contribution in [1.29, 1.82) is 0 Å². The van der Waals surface area contributed by atoms with Crippen LogP contribution in [0.25, 0.3) is 0 Å². The molecule has 0 saturated carbocycles. The van der Waals surface area contributed by atoms with Gasteiger partial charge in [0.05, 0.1) is 0 Å². The van der Waals surface area contributed by atoms with E-state index in [0.29, 0.717) is 19.0 Å². The Bertz CT molecular complexity index is 497. The zero-order chi connectivity index (χ0) is 13.5. The Morgan fingerprint density at radius 3 is 2.47 bits per heavy atom. The van der Waals surface area contributed by atoms with Gasteiger partial charge in [0.1, 0.15) is 13.2 Å². The summed E-state index contributed by atoms with van der Waals surface area (Å²) in [7, 11) is 3.30. The number of hydrogen-bond acceptors (Lipinski definition) is 4. The summed E-state index contributed by atoms with van der Waals surface area (Å²) < 4.78 is 12.1. The maximum absolute atomic E-state index is 5.15. The predicted octanol–water partition coefficient (Wildman–Crippen LogP) is 1.81. The van der Waals surface area contributed by atoms with Crippen molar-refractivity contribution in [2.75, 3.05) is 14.2 Å². The van der Waals surface area contributed by atoms with Gasteiger partial charge in [0.15, 0.2) is 11.6 Å². The fourth-order valence-electron chi connectivity index (χ4n) is 1.91. The Morgan fingerprint density at radius 2 is 1.79 bits per heavy atom. The van der Waals surface area contributed by atoms with Crippen LogP contribution < -0.4 is 0 Å². The molecule has 5 nitrogen and oxygen atoms in total. The minimum atomic E-state index is 0.426. The Morgan fingerprint density at radius 1 is 1.05 bits per heavy atom. The highest BCUT2D eigenvalue weighted by Crippen LogP contribution is 2.06. The third kappa shape index (κ3) is 3.87. The van der Waals surface area contributed by atoms with Gasteiger partial charge in [0.2, 0.25) is 0 Å². The van der Waals surface area contributed by atoms with Gasteiger partial charge < -0.3 is 9.47 Å². The summed E-state index contributed by atoms with van der Waals surface area (Å²) in [5.41, 5.74) is 1.29. The molecule has 19 heavy (non-hydrogen) atoms. The monoisotopic (exact) mass is 261 g/mol. The molecule has 102 valence electrons.